The second-order valence-electron chi connectivity index (χ2n) is 7.80. The fourth-order valence-corrected chi connectivity index (χ4v) is 3.45. The minimum atomic E-state index is -0.425. The molecule has 4 aromatic rings. The van der Waals surface area contributed by atoms with Crippen LogP contribution in [0, 0.1) is 5.82 Å². The van der Waals surface area contributed by atoms with E-state index in [1.807, 2.05) is 6.07 Å². The number of amides is 1. The number of nitrogens with one attached hydrogen (secondary N) is 3. The van der Waals surface area contributed by atoms with Crippen molar-refractivity contribution in [2.75, 3.05) is 23.8 Å². The predicted octanol–water partition coefficient (Wildman–Crippen LogP) is 4.14. The number of carbonyl (C=O) groups excluding carboxylic acids is 2. The van der Waals surface area contributed by atoms with Crippen molar-refractivity contribution in [2.24, 2.45) is 0 Å². The van der Waals surface area contributed by atoms with Gasteiger partial charge in [0.15, 0.2) is 5.82 Å². The van der Waals surface area contributed by atoms with Gasteiger partial charge in [-0.3, -0.25) is 14.7 Å². The van der Waals surface area contributed by atoms with Gasteiger partial charge in [-0.05, 0) is 43.7 Å². The Morgan fingerprint density at radius 1 is 1.11 bits per heavy atom. The summed E-state index contributed by atoms with van der Waals surface area (Å²) in [7, 11) is 0. The van der Waals surface area contributed by atoms with E-state index in [-0.39, 0.29) is 18.3 Å². The van der Waals surface area contributed by atoms with Crippen molar-refractivity contribution in [2.45, 2.75) is 26.2 Å². The first-order chi connectivity index (χ1) is 17.5. The van der Waals surface area contributed by atoms with Gasteiger partial charge < -0.3 is 20.1 Å². The summed E-state index contributed by atoms with van der Waals surface area (Å²) in [5, 5.41) is 13.5. The lowest BCUT2D eigenvalue weighted by atomic mass is 10.2. The molecule has 4 rings (SSSR count). The number of benzene rings is 2. The van der Waals surface area contributed by atoms with Crippen molar-refractivity contribution in [1.29, 1.82) is 0 Å². The summed E-state index contributed by atoms with van der Waals surface area (Å²) in [5.41, 5.74) is 1.62. The third-order valence-electron chi connectivity index (χ3n) is 5.04. The summed E-state index contributed by atoms with van der Waals surface area (Å²) >= 11 is 0. The van der Waals surface area contributed by atoms with Crippen LogP contribution in [-0.2, 0) is 20.7 Å². The van der Waals surface area contributed by atoms with Crippen molar-refractivity contribution in [3.05, 3.63) is 66.4 Å². The number of carbonyl (C=O) groups is 2. The number of fused-ring (bicyclic) bond motifs is 1. The van der Waals surface area contributed by atoms with Gasteiger partial charge in [0.05, 0.1) is 25.2 Å². The van der Waals surface area contributed by atoms with E-state index in [2.05, 4.69) is 30.8 Å². The lowest BCUT2D eigenvalue weighted by Crippen LogP contribution is -2.14. The second-order valence-corrected chi connectivity index (χ2v) is 7.80. The maximum atomic E-state index is 13.3. The molecule has 36 heavy (non-hydrogen) atoms. The molecule has 3 N–H and O–H groups in total. The first-order valence-electron chi connectivity index (χ1n) is 11.4. The Kier molecular flexibility index (Phi) is 8.01. The van der Waals surface area contributed by atoms with Crippen LogP contribution >= 0.6 is 0 Å². The highest BCUT2D eigenvalue weighted by Crippen LogP contribution is 2.26. The zero-order valence-electron chi connectivity index (χ0n) is 19.6. The number of rotatable bonds is 11. The molecule has 11 heteroatoms. The average Bonchev–Trinajstić information content (AvgIpc) is 3.28. The van der Waals surface area contributed by atoms with Gasteiger partial charge in [0.25, 0.3) is 0 Å². The summed E-state index contributed by atoms with van der Waals surface area (Å²) in [5.74, 6) is 0.668. The Morgan fingerprint density at radius 3 is 2.83 bits per heavy atom. The monoisotopic (exact) mass is 492 g/mol. The van der Waals surface area contributed by atoms with Gasteiger partial charge in [0.2, 0.25) is 5.91 Å². The van der Waals surface area contributed by atoms with Crippen LogP contribution in [0.3, 0.4) is 0 Å². The van der Waals surface area contributed by atoms with Crippen molar-refractivity contribution in [1.82, 2.24) is 20.2 Å². The van der Waals surface area contributed by atoms with Gasteiger partial charge in [-0.2, -0.15) is 5.10 Å². The standard InChI is InChI=1S/C25H25FN6O4/c1-2-35-24(34)7-4-10-36-19-8-9-20-21(14-19)27-15-28-25(20)30-22-12-18(31-32-22)13-23(33)29-17-6-3-5-16(26)11-17/h3,5-6,8-9,11-12,14-15H,2,4,7,10,13H2,1H3,(H,29,33)(H2,27,28,30,31,32). The van der Waals surface area contributed by atoms with Crippen molar-refractivity contribution >= 4 is 40.1 Å². The first kappa shape index (κ1) is 24.6. The number of ether oxygens (including phenoxy) is 2. The van der Waals surface area contributed by atoms with Crippen LogP contribution in [0.5, 0.6) is 5.75 Å². The smallest absolute Gasteiger partial charge is 0.305 e. The van der Waals surface area contributed by atoms with E-state index >= 15 is 0 Å². The predicted molar refractivity (Wildman–Crippen MR) is 132 cm³/mol. The molecule has 0 atom stereocenters. The molecule has 0 saturated carbocycles. The Morgan fingerprint density at radius 2 is 2.00 bits per heavy atom. The number of nitrogens with zero attached hydrogens (tertiary/aromatic N) is 3. The number of aromatic amines is 1. The Hall–Kier alpha value is -4.54. The molecular weight excluding hydrogens is 467 g/mol. The summed E-state index contributed by atoms with van der Waals surface area (Å²) in [6.45, 7) is 2.52. The number of anilines is 3. The molecule has 1 amide bonds. The van der Waals surface area contributed by atoms with Crippen LogP contribution in [0.15, 0.2) is 54.9 Å². The number of esters is 1. The van der Waals surface area contributed by atoms with E-state index in [1.165, 1.54) is 24.5 Å². The van der Waals surface area contributed by atoms with Crippen LogP contribution in [-0.4, -0.2) is 45.3 Å². The maximum Gasteiger partial charge on any atom is 0.305 e. The van der Waals surface area contributed by atoms with Gasteiger partial charge >= 0.3 is 5.97 Å². The number of hydrogen-bond acceptors (Lipinski definition) is 8. The van der Waals surface area contributed by atoms with Gasteiger partial charge in [-0.1, -0.05) is 6.07 Å². The average molecular weight is 493 g/mol. The molecule has 2 aromatic carbocycles. The third kappa shape index (κ3) is 6.75. The Bertz CT molecular complexity index is 1360. The number of hydrogen-bond donors (Lipinski definition) is 3. The zero-order chi connectivity index (χ0) is 25.3. The minimum Gasteiger partial charge on any atom is -0.494 e. The molecule has 186 valence electrons. The highest BCUT2D eigenvalue weighted by atomic mass is 19.1. The molecule has 0 spiro atoms. The van der Waals surface area contributed by atoms with Gasteiger partial charge in [0, 0.05) is 35.3 Å². The fourth-order valence-electron chi connectivity index (χ4n) is 3.45. The van der Waals surface area contributed by atoms with E-state index in [0.29, 0.717) is 60.3 Å². The fraction of sp³-hybridized carbons (Fsp3) is 0.240. The second kappa shape index (κ2) is 11.7. The van der Waals surface area contributed by atoms with Crippen LogP contribution in [0.25, 0.3) is 10.9 Å². The highest BCUT2D eigenvalue weighted by molar-refractivity contribution is 5.93. The van der Waals surface area contributed by atoms with E-state index in [0.717, 1.165) is 5.39 Å². The SMILES string of the molecule is CCOC(=O)CCCOc1ccc2c(Nc3cc(CC(=O)Nc4cccc(F)c4)[nH]n3)ncnc2c1. The van der Waals surface area contributed by atoms with Gasteiger partial charge in [-0.15, -0.1) is 0 Å². The molecule has 0 aliphatic rings. The number of H-pyrrole nitrogens is 1. The van der Waals surface area contributed by atoms with Crippen molar-refractivity contribution in [3.63, 3.8) is 0 Å². The van der Waals surface area contributed by atoms with E-state index in [4.69, 9.17) is 9.47 Å². The lowest BCUT2D eigenvalue weighted by molar-refractivity contribution is -0.143. The lowest BCUT2D eigenvalue weighted by Gasteiger charge is -2.09. The molecule has 2 heterocycles. The molecule has 0 unspecified atom stereocenters. The van der Waals surface area contributed by atoms with Crippen LogP contribution < -0.4 is 15.4 Å². The van der Waals surface area contributed by atoms with E-state index in [9.17, 15) is 14.0 Å². The van der Waals surface area contributed by atoms with Crippen molar-refractivity contribution in [3.8, 4) is 5.75 Å². The van der Waals surface area contributed by atoms with Gasteiger partial charge in [0.1, 0.15) is 23.7 Å². The Labute approximate surface area is 206 Å². The van der Waals surface area contributed by atoms with Crippen LogP contribution in [0.4, 0.5) is 21.7 Å². The van der Waals surface area contributed by atoms with Gasteiger partial charge in [-0.25, -0.2) is 14.4 Å². The van der Waals surface area contributed by atoms with E-state index < -0.39 is 5.82 Å². The normalized spacial score (nSPS) is 10.7. The molecular formula is C25H25FN6O4. The quantitative estimate of drug-likeness (QED) is 0.210. The zero-order valence-corrected chi connectivity index (χ0v) is 19.6. The summed E-state index contributed by atoms with van der Waals surface area (Å²) < 4.78 is 23.9. The van der Waals surface area contributed by atoms with Crippen LogP contribution in [0.2, 0.25) is 0 Å². The summed E-state index contributed by atoms with van der Waals surface area (Å²) in [6, 6.07) is 12.8. The molecule has 0 saturated heterocycles. The largest absolute Gasteiger partial charge is 0.494 e. The van der Waals surface area contributed by atoms with Crippen molar-refractivity contribution < 1.29 is 23.5 Å². The topological polar surface area (TPSA) is 131 Å². The molecule has 0 aliphatic carbocycles. The summed E-state index contributed by atoms with van der Waals surface area (Å²) in [4.78, 5) is 32.3. The number of aromatic nitrogens is 4. The molecule has 2 aromatic heterocycles. The Balaban J connectivity index is 1.35. The minimum absolute atomic E-state index is 0.0343. The molecule has 0 radical (unpaired) electrons. The molecule has 0 bridgehead atoms. The molecule has 0 aliphatic heterocycles. The maximum absolute atomic E-state index is 13.3. The highest BCUT2D eigenvalue weighted by Gasteiger charge is 2.11. The summed E-state index contributed by atoms with van der Waals surface area (Å²) in [6.07, 6.45) is 2.31. The third-order valence-corrected chi connectivity index (χ3v) is 5.04. The molecule has 0 fully saturated rings. The van der Waals surface area contributed by atoms with E-state index in [1.54, 1.807) is 31.2 Å². The first-order valence-corrected chi connectivity index (χ1v) is 11.4. The number of halogens is 1. The van der Waals surface area contributed by atoms with Crippen LogP contribution in [0.1, 0.15) is 25.5 Å². The molecule has 10 nitrogen and oxygen atoms in total.